The van der Waals surface area contributed by atoms with E-state index in [1.165, 1.54) is 17.5 Å². The number of hydrogen-bond acceptors (Lipinski definition) is 4. The summed E-state index contributed by atoms with van der Waals surface area (Å²) in [5.74, 6) is -0.158. The van der Waals surface area contributed by atoms with E-state index in [-0.39, 0.29) is 23.1 Å². The van der Waals surface area contributed by atoms with Crippen LogP contribution in [0.2, 0.25) is 0 Å². The van der Waals surface area contributed by atoms with Crippen LogP contribution < -0.4 is 5.56 Å². The lowest BCUT2D eigenvalue weighted by molar-refractivity contribution is 0.0675. The van der Waals surface area contributed by atoms with Crippen molar-refractivity contribution in [3.05, 3.63) is 32.7 Å². The van der Waals surface area contributed by atoms with Crippen molar-refractivity contribution in [1.82, 2.24) is 14.3 Å². The SMILES string of the molecule is CCC1CCCCCN1C(=O)c1cnc2sc(C)c(C)n2c1=O. The highest BCUT2D eigenvalue weighted by atomic mass is 32.1. The zero-order chi connectivity index (χ0) is 16.6. The van der Waals surface area contributed by atoms with Crippen LogP contribution in [-0.4, -0.2) is 32.8 Å². The van der Waals surface area contributed by atoms with E-state index in [0.717, 1.165) is 49.2 Å². The Morgan fingerprint density at radius 1 is 1.35 bits per heavy atom. The number of rotatable bonds is 2. The van der Waals surface area contributed by atoms with Crippen molar-refractivity contribution < 1.29 is 4.79 Å². The van der Waals surface area contributed by atoms with Crippen LogP contribution >= 0.6 is 11.3 Å². The molecule has 3 heterocycles. The van der Waals surface area contributed by atoms with Crippen LogP contribution in [0.5, 0.6) is 0 Å². The quantitative estimate of drug-likeness (QED) is 0.848. The minimum atomic E-state index is -0.235. The van der Waals surface area contributed by atoms with Gasteiger partial charge in [0.2, 0.25) is 0 Å². The van der Waals surface area contributed by atoms with Crippen LogP contribution in [0.25, 0.3) is 4.96 Å². The second-order valence-corrected chi connectivity index (χ2v) is 7.43. The van der Waals surface area contributed by atoms with Gasteiger partial charge in [-0.2, -0.15) is 0 Å². The van der Waals surface area contributed by atoms with Crippen LogP contribution in [0.3, 0.4) is 0 Å². The number of amides is 1. The molecule has 124 valence electrons. The van der Waals surface area contributed by atoms with E-state index >= 15 is 0 Å². The fraction of sp³-hybridized carbons (Fsp3) is 0.588. The van der Waals surface area contributed by atoms with Crippen molar-refractivity contribution >= 4 is 22.2 Å². The second-order valence-electron chi connectivity index (χ2n) is 6.25. The molecule has 1 unspecified atom stereocenters. The summed E-state index contributed by atoms with van der Waals surface area (Å²) < 4.78 is 1.58. The van der Waals surface area contributed by atoms with Gasteiger partial charge in [0, 0.05) is 29.4 Å². The molecule has 0 spiro atoms. The molecule has 0 saturated carbocycles. The highest BCUT2D eigenvalue weighted by Crippen LogP contribution is 2.22. The van der Waals surface area contributed by atoms with Gasteiger partial charge in [-0.05, 0) is 33.1 Å². The molecule has 23 heavy (non-hydrogen) atoms. The molecule has 1 atom stereocenters. The Bertz CT molecular complexity index is 793. The summed E-state index contributed by atoms with van der Waals surface area (Å²) in [7, 11) is 0. The molecule has 1 amide bonds. The topological polar surface area (TPSA) is 54.7 Å². The molecule has 1 aliphatic rings. The first-order valence-electron chi connectivity index (χ1n) is 8.33. The molecule has 3 rings (SSSR count). The molecule has 0 aromatic carbocycles. The number of carbonyl (C=O) groups is 1. The van der Waals surface area contributed by atoms with Gasteiger partial charge in [0.05, 0.1) is 0 Å². The molecule has 0 aliphatic carbocycles. The van der Waals surface area contributed by atoms with Crippen LogP contribution in [-0.2, 0) is 0 Å². The maximum absolute atomic E-state index is 13.0. The Hall–Kier alpha value is -1.69. The van der Waals surface area contributed by atoms with E-state index in [1.54, 1.807) is 4.40 Å². The van der Waals surface area contributed by atoms with Crippen LogP contribution in [0.15, 0.2) is 11.0 Å². The average molecular weight is 333 g/mol. The van der Waals surface area contributed by atoms with E-state index in [2.05, 4.69) is 11.9 Å². The normalized spacial score (nSPS) is 19.1. The Labute approximate surface area is 140 Å². The largest absolute Gasteiger partial charge is 0.335 e. The predicted octanol–water partition coefficient (Wildman–Crippen LogP) is 3.17. The fourth-order valence-corrected chi connectivity index (χ4v) is 4.28. The molecule has 0 N–H and O–H groups in total. The van der Waals surface area contributed by atoms with Gasteiger partial charge in [-0.15, -0.1) is 11.3 Å². The summed E-state index contributed by atoms with van der Waals surface area (Å²) in [6, 6.07) is 0.232. The summed E-state index contributed by atoms with van der Waals surface area (Å²) in [6.45, 7) is 6.71. The molecular weight excluding hydrogens is 310 g/mol. The number of carbonyl (C=O) groups excluding carboxylic acids is 1. The molecule has 5 nitrogen and oxygen atoms in total. The number of hydrogen-bond donors (Lipinski definition) is 0. The number of aromatic nitrogens is 2. The molecule has 2 aromatic rings. The Kier molecular flexibility index (Phi) is 4.53. The maximum Gasteiger partial charge on any atom is 0.271 e. The van der Waals surface area contributed by atoms with Gasteiger partial charge >= 0.3 is 0 Å². The van der Waals surface area contributed by atoms with Gasteiger partial charge in [0.15, 0.2) is 4.96 Å². The lowest BCUT2D eigenvalue weighted by Crippen LogP contribution is -2.42. The highest BCUT2D eigenvalue weighted by Gasteiger charge is 2.27. The summed E-state index contributed by atoms with van der Waals surface area (Å²) in [5.41, 5.74) is 0.838. The summed E-state index contributed by atoms with van der Waals surface area (Å²) >= 11 is 1.48. The number of aryl methyl sites for hydroxylation is 2. The van der Waals surface area contributed by atoms with E-state index in [9.17, 15) is 9.59 Å². The van der Waals surface area contributed by atoms with E-state index in [0.29, 0.717) is 4.96 Å². The molecule has 6 heteroatoms. The van der Waals surface area contributed by atoms with Gasteiger partial charge in [-0.25, -0.2) is 4.98 Å². The first-order valence-corrected chi connectivity index (χ1v) is 9.15. The van der Waals surface area contributed by atoms with E-state index < -0.39 is 0 Å². The zero-order valence-corrected chi connectivity index (χ0v) is 14.8. The first kappa shape index (κ1) is 16.2. The number of fused-ring (bicyclic) bond motifs is 1. The molecule has 2 aromatic heterocycles. The molecule has 1 fully saturated rings. The van der Waals surface area contributed by atoms with Gasteiger partial charge in [-0.3, -0.25) is 14.0 Å². The average Bonchev–Trinajstić information content (AvgIpc) is 2.73. The number of likely N-dealkylation sites (tertiary alicyclic amines) is 1. The molecule has 1 aliphatic heterocycles. The van der Waals surface area contributed by atoms with Crippen LogP contribution in [0, 0.1) is 13.8 Å². The monoisotopic (exact) mass is 333 g/mol. The second kappa shape index (κ2) is 6.43. The van der Waals surface area contributed by atoms with Crippen molar-refractivity contribution in [2.45, 2.75) is 58.9 Å². The Morgan fingerprint density at radius 2 is 2.13 bits per heavy atom. The number of thiazole rings is 1. The first-order chi connectivity index (χ1) is 11.0. The van der Waals surface area contributed by atoms with E-state index in [1.807, 2.05) is 18.7 Å². The van der Waals surface area contributed by atoms with E-state index in [4.69, 9.17) is 0 Å². The third-order valence-corrected chi connectivity index (χ3v) is 5.93. The predicted molar refractivity (Wildman–Crippen MR) is 92.4 cm³/mol. The van der Waals surface area contributed by atoms with Gasteiger partial charge < -0.3 is 4.90 Å². The lowest BCUT2D eigenvalue weighted by Gasteiger charge is -2.29. The summed E-state index contributed by atoms with van der Waals surface area (Å²) in [4.78, 5) is 33.7. The standard InChI is InChI=1S/C17H23N3O2S/c1-4-13-8-6-5-7-9-19(13)15(21)14-10-18-17-20(16(14)22)11(2)12(3)23-17/h10,13H,4-9H2,1-3H3. The Morgan fingerprint density at radius 3 is 2.87 bits per heavy atom. The summed E-state index contributed by atoms with van der Waals surface area (Å²) in [6.07, 6.45) is 6.73. The van der Waals surface area contributed by atoms with Gasteiger partial charge in [0.25, 0.3) is 11.5 Å². The molecule has 0 bridgehead atoms. The molecule has 0 radical (unpaired) electrons. The van der Waals surface area contributed by atoms with Crippen molar-refractivity contribution in [1.29, 1.82) is 0 Å². The van der Waals surface area contributed by atoms with Crippen molar-refractivity contribution in [3.8, 4) is 0 Å². The zero-order valence-electron chi connectivity index (χ0n) is 14.0. The third-order valence-electron chi connectivity index (χ3n) is 4.86. The van der Waals surface area contributed by atoms with Crippen LogP contribution in [0.4, 0.5) is 0 Å². The van der Waals surface area contributed by atoms with Crippen LogP contribution in [0.1, 0.15) is 60.0 Å². The third kappa shape index (κ3) is 2.80. The lowest BCUT2D eigenvalue weighted by atomic mass is 10.1. The molecular formula is C17H23N3O2S. The minimum Gasteiger partial charge on any atom is -0.335 e. The smallest absolute Gasteiger partial charge is 0.271 e. The van der Waals surface area contributed by atoms with Gasteiger partial charge in [0.1, 0.15) is 5.56 Å². The fourth-order valence-electron chi connectivity index (χ4n) is 3.35. The Balaban J connectivity index is 2.05. The van der Waals surface area contributed by atoms with Gasteiger partial charge in [-0.1, -0.05) is 19.8 Å². The summed E-state index contributed by atoms with van der Waals surface area (Å²) in [5, 5.41) is 0. The minimum absolute atomic E-state index is 0.158. The van der Waals surface area contributed by atoms with Crippen molar-refractivity contribution in [2.24, 2.45) is 0 Å². The number of nitrogens with zero attached hydrogens (tertiary/aromatic N) is 3. The van der Waals surface area contributed by atoms with Crippen molar-refractivity contribution in [3.63, 3.8) is 0 Å². The molecule has 1 saturated heterocycles. The maximum atomic E-state index is 13.0. The van der Waals surface area contributed by atoms with Crippen molar-refractivity contribution in [2.75, 3.05) is 6.54 Å². The highest BCUT2D eigenvalue weighted by molar-refractivity contribution is 7.17.